The Balaban J connectivity index is 2.05. The molecule has 0 saturated carbocycles. The Morgan fingerprint density at radius 3 is 2.29 bits per heavy atom. The van der Waals surface area contributed by atoms with Crippen molar-refractivity contribution in [3.05, 3.63) is 100 Å². The monoisotopic (exact) mass is 559 g/mol. The van der Waals surface area contributed by atoms with Gasteiger partial charge in [0.25, 0.3) is 0 Å². The number of carbonyl (C=O) groups excluding carboxylic acids is 2. The highest BCUT2D eigenvalue weighted by Crippen LogP contribution is 2.25. The van der Waals surface area contributed by atoms with E-state index in [9.17, 15) is 22.4 Å². The number of amides is 2. The van der Waals surface area contributed by atoms with E-state index in [4.69, 9.17) is 11.6 Å². The number of aryl methyl sites for hydroxylation is 1. The lowest BCUT2D eigenvalue weighted by molar-refractivity contribution is -0.140. The molecule has 0 saturated heterocycles. The van der Waals surface area contributed by atoms with Crippen LogP contribution in [0.5, 0.6) is 0 Å². The van der Waals surface area contributed by atoms with Gasteiger partial charge in [0.15, 0.2) is 0 Å². The molecule has 3 aromatic carbocycles. The third-order valence-corrected chi connectivity index (χ3v) is 7.36. The number of sulfonamides is 1. The number of likely N-dealkylation sites (N-methyl/N-ethyl adjacent to an activating group) is 1. The molecule has 0 bridgehead atoms. The van der Waals surface area contributed by atoms with Crippen LogP contribution in [0.4, 0.5) is 10.1 Å². The van der Waals surface area contributed by atoms with E-state index in [1.54, 1.807) is 6.92 Å². The average Bonchev–Trinajstić information content (AvgIpc) is 2.86. The molecule has 0 radical (unpaired) electrons. The Bertz CT molecular complexity index is 1390. The molecule has 0 spiro atoms. The molecule has 2 amide bonds. The molecular formula is C28H31ClFN3O4S. The third kappa shape index (κ3) is 7.79. The molecule has 3 rings (SSSR count). The lowest BCUT2D eigenvalue weighted by atomic mass is 10.0. The fraction of sp³-hybridized carbons (Fsp3) is 0.286. The lowest BCUT2D eigenvalue weighted by Gasteiger charge is -2.33. The van der Waals surface area contributed by atoms with Crippen LogP contribution in [-0.2, 0) is 32.6 Å². The summed E-state index contributed by atoms with van der Waals surface area (Å²) in [5, 5.41) is 2.53. The first-order valence-electron chi connectivity index (χ1n) is 12.1. The highest BCUT2D eigenvalue weighted by Gasteiger charge is 2.33. The number of nitrogens with one attached hydrogen (secondary N) is 1. The highest BCUT2D eigenvalue weighted by molar-refractivity contribution is 7.92. The SMILES string of the molecule is CCNC(=O)C(Cc1ccccc1)N(Cc1cccc(C)c1)C(=O)CN(c1ccc(F)c(Cl)c1)S(C)(=O)=O. The number of benzene rings is 3. The summed E-state index contributed by atoms with van der Waals surface area (Å²) < 4.78 is 40.1. The highest BCUT2D eigenvalue weighted by atomic mass is 35.5. The van der Waals surface area contributed by atoms with Gasteiger partial charge in [0.1, 0.15) is 18.4 Å². The normalized spacial score (nSPS) is 12.0. The summed E-state index contributed by atoms with van der Waals surface area (Å²) in [5.41, 5.74) is 2.65. The first-order valence-corrected chi connectivity index (χ1v) is 14.3. The van der Waals surface area contributed by atoms with E-state index < -0.39 is 34.3 Å². The van der Waals surface area contributed by atoms with Crippen molar-refractivity contribution in [3.63, 3.8) is 0 Å². The van der Waals surface area contributed by atoms with Gasteiger partial charge in [-0.15, -0.1) is 0 Å². The first-order chi connectivity index (χ1) is 18.0. The standard InChI is InChI=1S/C28H31ClFN3O4S/c1-4-31-28(35)26(16-21-10-6-5-7-11-21)32(18-22-12-8-9-20(2)15-22)27(34)19-33(38(3,36)37)23-13-14-25(30)24(29)17-23/h5-15,17,26H,4,16,18-19H2,1-3H3,(H,31,35). The van der Waals surface area contributed by atoms with Crippen molar-refractivity contribution in [1.82, 2.24) is 10.2 Å². The number of carbonyl (C=O) groups is 2. The van der Waals surface area contributed by atoms with Crippen molar-refractivity contribution < 1.29 is 22.4 Å². The molecule has 1 N–H and O–H groups in total. The summed E-state index contributed by atoms with van der Waals surface area (Å²) in [7, 11) is -3.97. The summed E-state index contributed by atoms with van der Waals surface area (Å²) in [6.07, 6.45) is 1.18. The number of anilines is 1. The zero-order valence-electron chi connectivity index (χ0n) is 21.5. The predicted molar refractivity (Wildman–Crippen MR) is 148 cm³/mol. The number of rotatable bonds is 11. The molecular weight excluding hydrogens is 529 g/mol. The minimum Gasteiger partial charge on any atom is -0.355 e. The largest absolute Gasteiger partial charge is 0.355 e. The Morgan fingerprint density at radius 1 is 1.00 bits per heavy atom. The maximum atomic E-state index is 13.9. The molecule has 0 aromatic heterocycles. The molecule has 38 heavy (non-hydrogen) atoms. The third-order valence-electron chi connectivity index (χ3n) is 5.93. The van der Waals surface area contributed by atoms with Crippen LogP contribution in [0.2, 0.25) is 5.02 Å². The first kappa shape index (κ1) is 29.1. The fourth-order valence-electron chi connectivity index (χ4n) is 4.11. The van der Waals surface area contributed by atoms with Crippen LogP contribution in [0, 0.1) is 12.7 Å². The van der Waals surface area contributed by atoms with Gasteiger partial charge in [-0.05, 0) is 43.2 Å². The van der Waals surface area contributed by atoms with E-state index in [1.165, 1.54) is 11.0 Å². The second-order valence-corrected chi connectivity index (χ2v) is 11.3. The van der Waals surface area contributed by atoms with Gasteiger partial charge in [-0.3, -0.25) is 13.9 Å². The van der Waals surface area contributed by atoms with Crippen LogP contribution in [0.15, 0.2) is 72.8 Å². The summed E-state index contributed by atoms with van der Waals surface area (Å²) in [6, 6.07) is 19.3. The Labute approximate surface area is 228 Å². The zero-order valence-corrected chi connectivity index (χ0v) is 23.1. The van der Waals surface area contributed by atoms with Gasteiger partial charge in [-0.1, -0.05) is 71.8 Å². The van der Waals surface area contributed by atoms with Gasteiger partial charge < -0.3 is 10.2 Å². The molecule has 1 unspecified atom stereocenters. The number of halogens is 2. The van der Waals surface area contributed by atoms with E-state index in [0.717, 1.165) is 39.4 Å². The van der Waals surface area contributed by atoms with E-state index in [2.05, 4.69) is 5.32 Å². The topological polar surface area (TPSA) is 86.8 Å². The van der Waals surface area contributed by atoms with Crippen LogP contribution < -0.4 is 9.62 Å². The molecule has 0 fully saturated rings. The Hall–Kier alpha value is -3.43. The van der Waals surface area contributed by atoms with Gasteiger partial charge in [-0.2, -0.15) is 0 Å². The molecule has 10 heteroatoms. The number of hydrogen-bond acceptors (Lipinski definition) is 4. The summed E-state index contributed by atoms with van der Waals surface area (Å²) in [4.78, 5) is 28.6. The van der Waals surface area contributed by atoms with Crippen LogP contribution in [-0.4, -0.2) is 50.5 Å². The second-order valence-electron chi connectivity index (χ2n) is 8.98. The molecule has 202 valence electrons. The Kier molecular flexibility index (Phi) is 9.88. The van der Waals surface area contributed by atoms with Crippen LogP contribution in [0.25, 0.3) is 0 Å². The molecule has 0 aliphatic carbocycles. The van der Waals surface area contributed by atoms with Crippen LogP contribution in [0.1, 0.15) is 23.6 Å². The molecule has 1 atom stereocenters. The maximum absolute atomic E-state index is 13.9. The molecule has 7 nitrogen and oxygen atoms in total. The van der Waals surface area contributed by atoms with Gasteiger partial charge in [0.05, 0.1) is 17.0 Å². The molecule has 3 aromatic rings. The van der Waals surface area contributed by atoms with Crippen LogP contribution >= 0.6 is 11.6 Å². The number of hydrogen-bond donors (Lipinski definition) is 1. The smallest absolute Gasteiger partial charge is 0.244 e. The van der Waals surface area contributed by atoms with Gasteiger partial charge in [0, 0.05) is 19.5 Å². The average molecular weight is 560 g/mol. The van der Waals surface area contributed by atoms with Gasteiger partial charge >= 0.3 is 0 Å². The minimum absolute atomic E-state index is 0.0420. The molecule has 0 aliphatic rings. The van der Waals surface area contributed by atoms with Crippen molar-refractivity contribution >= 4 is 39.1 Å². The fourth-order valence-corrected chi connectivity index (χ4v) is 5.12. The summed E-state index contributed by atoms with van der Waals surface area (Å²) in [6.45, 7) is 3.55. The number of nitrogens with zero attached hydrogens (tertiary/aromatic N) is 2. The van der Waals surface area contributed by atoms with Crippen molar-refractivity contribution in [3.8, 4) is 0 Å². The van der Waals surface area contributed by atoms with E-state index in [0.29, 0.717) is 6.54 Å². The lowest BCUT2D eigenvalue weighted by Crippen LogP contribution is -2.53. The summed E-state index contributed by atoms with van der Waals surface area (Å²) in [5.74, 6) is -1.66. The summed E-state index contributed by atoms with van der Waals surface area (Å²) >= 11 is 5.90. The van der Waals surface area contributed by atoms with Crippen LogP contribution in [0.3, 0.4) is 0 Å². The molecule has 0 heterocycles. The minimum atomic E-state index is -3.97. The van der Waals surface area contributed by atoms with E-state index in [-0.39, 0.29) is 29.6 Å². The predicted octanol–water partition coefficient (Wildman–Crippen LogP) is 4.33. The molecule has 0 aliphatic heterocycles. The van der Waals surface area contributed by atoms with E-state index >= 15 is 0 Å². The van der Waals surface area contributed by atoms with E-state index in [1.807, 2.05) is 61.5 Å². The Morgan fingerprint density at radius 2 is 1.68 bits per heavy atom. The second kappa shape index (κ2) is 12.9. The van der Waals surface area contributed by atoms with Crippen molar-refractivity contribution in [1.29, 1.82) is 0 Å². The van der Waals surface area contributed by atoms with Crippen molar-refractivity contribution in [2.45, 2.75) is 32.9 Å². The van der Waals surface area contributed by atoms with Gasteiger partial charge in [0.2, 0.25) is 21.8 Å². The quantitative estimate of drug-likeness (QED) is 0.379. The van der Waals surface area contributed by atoms with Gasteiger partial charge in [-0.25, -0.2) is 12.8 Å². The van der Waals surface area contributed by atoms with Crippen molar-refractivity contribution in [2.24, 2.45) is 0 Å². The van der Waals surface area contributed by atoms with Crippen molar-refractivity contribution in [2.75, 3.05) is 23.7 Å². The zero-order chi connectivity index (χ0) is 27.9. The maximum Gasteiger partial charge on any atom is 0.244 e.